The van der Waals surface area contributed by atoms with E-state index in [-0.39, 0.29) is 6.01 Å². The molecule has 23 heavy (non-hydrogen) atoms. The zero-order valence-electron chi connectivity index (χ0n) is 12.8. The number of nitrogens with zero attached hydrogens (tertiary/aromatic N) is 4. The highest BCUT2D eigenvalue weighted by Gasteiger charge is 2.11. The number of halogens is 1. The molecule has 0 unspecified atom stereocenters. The van der Waals surface area contributed by atoms with Crippen LogP contribution < -0.4 is 10.1 Å². The standard InChI is InChI=1S/C15H16ClN5O2/c1-10-9-13(18-12-5-3-11(16)4-6-12)21-14(17-10)19-15(20-21)23-8-7-22-2/h3-6,9,18H,7-8H2,1-2H3. The van der Waals surface area contributed by atoms with Crippen molar-refractivity contribution in [2.75, 3.05) is 25.6 Å². The number of aryl methyl sites for hydroxylation is 1. The van der Waals surface area contributed by atoms with Crippen molar-refractivity contribution in [3.63, 3.8) is 0 Å². The third-order valence-electron chi connectivity index (χ3n) is 3.06. The van der Waals surface area contributed by atoms with E-state index in [0.29, 0.717) is 24.0 Å². The van der Waals surface area contributed by atoms with Gasteiger partial charge in [0, 0.05) is 29.6 Å². The summed E-state index contributed by atoms with van der Waals surface area (Å²) >= 11 is 5.91. The molecule has 0 bridgehead atoms. The number of benzene rings is 1. The Labute approximate surface area is 138 Å². The zero-order valence-corrected chi connectivity index (χ0v) is 13.5. The van der Waals surface area contributed by atoms with Gasteiger partial charge in [-0.25, -0.2) is 4.98 Å². The number of hydrogen-bond donors (Lipinski definition) is 1. The number of hydrogen-bond acceptors (Lipinski definition) is 6. The Bertz CT molecular complexity index is 803. The number of fused-ring (bicyclic) bond motifs is 1. The van der Waals surface area contributed by atoms with Gasteiger partial charge in [-0.2, -0.15) is 9.50 Å². The third kappa shape index (κ3) is 3.69. The first-order valence-electron chi connectivity index (χ1n) is 7.04. The van der Waals surface area contributed by atoms with E-state index in [1.807, 2.05) is 37.3 Å². The molecule has 0 aliphatic heterocycles. The average molecular weight is 334 g/mol. The smallest absolute Gasteiger partial charge is 0.337 e. The summed E-state index contributed by atoms with van der Waals surface area (Å²) in [5.41, 5.74) is 1.71. The van der Waals surface area contributed by atoms with Crippen molar-refractivity contribution in [3.8, 4) is 6.01 Å². The highest BCUT2D eigenvalue weighted by Crippen LogP contribution is 2.20. The minimum Gasteiger partial charge on any atom is -0.460 e. The van der Waals surface area contributed by atoms with Crippen LogP contribution in [-0.4, -0.2) is 39.9 Å². The molecule has 0 spiro atoms. The van der Waals surface area contributed by atoms with Gasteiger partial charge in [0.2, 0.25) is 0 Å². The molecule has 120 valence electrons. The highest BCUT2D eigenvalue weighted by molar-refractivity contribution is 6.30. The summed E-state index contributed by atoms with van der Waals surface area (Å²) < 4.78 is 12.0. The second-order valence-corrected chi connectivity index (χ2v) is 5.30. The quantitative estimate of drug-likeness (QED) is 0.699. The normalized spacial score (nSPS) is 10.9. The summed E-state index contributed by atoms with van der Waals surface area (Å²) in [6, 6.07) is 9.55. The van der Waals surface area contributed by atoms with Gasteiger partial charge in [-0.05, 0) is 31.2 Å². The summed E-state index contributed by atoms with van der Waals surface area (Å²) in [4.78, 5) is 8.62. The molecule has 0 radical (unpaired) electrons. The maximum absolute atomic E-state index is 5.91. The molecule has 1 aromatic carbocycles. The van der Waals surface area contributed by atoms with Crippen molar-refractivity contribution in [2.45, 2.75) is 6.92 Å². The molecule has 0 saturated heterocycles. The molecular weight excluding hydrogens is 318 g/mol. The molecule has 0 fully saturated rings. The van der Waals surface area contributed by atoms with E-state index in [9.17, 15) is 0 Å². The molecule has 1 N–H and O–H groups in total. The van der Waals surface area contributed by atoms with Crippen molar-refractivity contribution in [1.82, 2.24) is 19.6 Å². The number of methoxy groups -OCH3 is 1. The maximum atomic E-state index is 5.91. The second kappa shape index (κ2) is 6.80. The van der Waals surface area contributed by atoms with Gasteiger partial charge in [0.25, 0.3) is 5.78 Å². The van der Waals surface area contributed by atoms with Crippen LogP contribution in [0.15, 0.2) is 30.3 Å². The zero-order chi connectivity index (χ0) is 16.2. The molecule has 3 rings (SSSR count). The van der Waals surface area contributed by atoms with Crippen molar-refractivity contribution >= 4 is 28.9 Å². The summed E-state index contributed by atoms with van der Waals surface area (Å²) in [5, 5.41) is 8.27. The lowest BCUT2D eigenvalue weighted by Gasteiger charge is -2.08. The highest BCUT2D eigenvalue weighted by atomic mass is 35.5. The van der Waals surface area contributed by atoms with Gasteiger partial charge in [-0.15, -0.1) is 5.10 Å². The Kier molecular flexibility index (Phi) is 4.59. The molecule has 7 nitrogen and oxygen atoms in total. The fraction of sp³-hybridized carbons (Fsp3) is 0.267. The monoisotopic (exact) mass is 333 g/mol. The molecule has 2 aromatic heterocycles. The predicted molar refractivity (Wildman–Crippen MR) is 87.6 cm³/mol. The Morgan fingerprint density at radius 3 is 2.70 bits per heavy atom. The molecule has 2 heterocycles. The van der Waals surface area contributed by atoms with Gasteiger partial charge in [-0.1, -0.05) is 11.6 Å². The Balaban J connectivity index is 1.90. The minimum atomic E-state index is 0.263. The van der Waals surface area contributed by atoms with Crippen LogP contribution in [0, 0.1) is 6.92 Å². The van der Waals surface area contributed by atoms with Crippen molar-refractivity contribution in [2.24, 2.45) is 0 Å². The number of anilines is 2. The summed E-state index contributed by atoms with van der Waals surface area (Å²) in [5.74, 6) is 1.21. The van der Waals surface area contributed by atoms with Crippen LogP contribution in [0.2, 0.25) is 5.02 Å². The lowest BCUT2D eigenvalue weighted by atomic mass is 10.3. The van der Waals surface area contributed by atoms with E-state index in [0.717, 1.165) is 17.2 Å². The van der Waals surface area contributed by atoms with E-state index in [4.69, 9.17) is 21.1 Å². The number of rotatable bonds is 6. The van der Waals surface area contributed by atoms with E-state index < -0.39 is 0 Å². The van der Waals surface area contributed by atoms with Gasteiger partial charge in [0.05, 0.1) is 6.61 Å². The lowest BCUT2D eigenvalue weighted by molar-refractivity contribution is 0.141. The number of ether oxygens (including phenoxy) is 2. The van der Waals surface area contributed by atoms with Crippen LogP contribution in [0.1, 0.15) is 5.69 Å². The van der Waals surface area contributed by atoms with E-state index in [1.165, 1.54) is 0 Å². The van der Waals surface area contributed by atoms with Gasteiger partial charge < -0.3 is 14.8 Å². The van der Waals surface area contributed by atoms with Crippen molar-refractivity contribution < 1.29 is 9.47 Å². The van der Waals surface area contributed by atoms with E-state index in [2.05, 4.69) is 20.4 Å². The Morgan fingerprint density at radius 2 is 1.96 bits per heavy atom. The van der Waals surface area contributed by atoms with Crippen LogP contribution in [0.4, 0.5) is 11.5 Å². The summed E-state index contributed by atoms with van der Waals surface area (Å²) in [6.07, 6.45) is 0. The molecule has 0 aliphatic rings. The maximum Gasteiger partial charge on any atom is 0.337 e. The molecule has 0 aliphatic carbocycles. The van der Waals surface area contributed by atoms with Crippen LogP contribution in [0.25, 0.3) is 5.78 Å². The molecular formula is C15H16ClN5O2. The largest absolute Gasteiger partial charge is 0.460 e. The molecule has 8 heteroatoms. The fourth-order valence-corrected chi connectivity index (χ4v) is 2.14. The van der Waals surface area contributed by atoms with E-state index >= 15 is 0 Å². The van der Waals surface area contributed by atoms with Crippen molar-refractivity contribution in [3.05, 3.63) is 41.0 Å². The topological polar surface area (TPSA) is 73.6 Å². The Hall–Kier alpha value is -2.38. The van der Waals surface area contributed by atoms with Crippen LogP contribution in [0.3, 0.4) is 0 Å². The predicted octanol–water partition coefficient (Wildman–Crippen LogP) is 2.85. The first-order valence-corrected chi connectivity index (χ1v) is 7.42. The first-order chi connectivity index (χ1) is 11.2. The average Bonchev–Trinajstić information content (AvgIpc) is 2.92. The van der Waals surface area contributed by atoms with Crippen LogP contribution in [-0.2, 0) is 4.74 Å². The third-order valence-corrected chi connectivity index (χ3v) is 3.31. The molecule has 0 saturated carbocycles. The van der Waals surface area contributed by atoms with Gasteiger partial charge >= 0.3 is 6.01 Å². The second-order valence-electron chi connectivity index (χ2n) is 4.86. The van der Waals surface area contributed by atoms with Crippen molar-refractivity contribution in [1.29, 1.82) is 0 Å². The number of aromatic nitrogens is 4. The summed E-state index contributed by atoms with van der Waals surface area (Å²) in [7, 11) is 1.61. The fourth-order valence-electron chi connectivity index (χ4n) is 2.02. The molecule has 3 aromatic rings. The van der Waals surface area contributed by atoms with Crippen LogP contribution in [0.5, 0.6) is 6.01 Å². The van der Waals surface area contributed by atoms with Crippen LogP contribution >= 0.6 is 11.6 Å². The lowest BCUT2D eigenvalue weighted by Crippen LogP contribution is -2.05. The van der Waals surface area contributed by atoms with Gasteiger partial charge in [0.1, 0.15) is 12.4 Å². The van der Waals surface area contributed by atoms with Gasteiger partial charge in [-0.3, -0.25) is 0 Å². The van der Waals surface area contributed by atoms with E-state index in [1.54, 1.807) is 11.6 Å². The first kappa shape index (κ1) is 15.5. The SMILES string of the molecule is COCCOc1nc2nc(C)cc(Nc3ccc(Cl)cc3)n2n1. The minimum absolute atomic E-state index is 0.263. The Morgan fingerprint density at radius 1 is 1.17 bits per heavy atom. The van der Waals surface area contributed by atoms with Gasteiger partial charge in [0.15, 0.2) is 0 Å². The molecule has 0 amide bonds. The molecule has 0 atom stereocenters. The number of nitrogens with one attached hydrogen (secondary N) is 1. The summed E-state index contributed by atoms with van der Waals surface area (Å²) in [6.45, 7) is 2.75.